The predicted octanol–water partition coefficient (Wildman–Crippen LogP) is 3.18. The summed E-state index contributed by atoms with van der Waals surface area (Å²) < 4.78 is 73.1. The van der Waals surface area contributed by atoms with Gasteiger partial charge in [-0.1, -0.05) is 54.6 Å². The Labute approximate surface area is 375 Å². The summed E-state index contributed by atoms with van der Waals surface area (Å²) in [5.74, 6) is 1.15. The molecule has 7 rings (SSSR count). The van der Waals surface area contributed by atoms with Crippen molar-refractivity contribution in [3.63, 3.8) is 0 Å². The van der Waals surface area contributed by atoms with E-state index in [1.807, 2.05) is 60.7 Å². The van der Waals surface area contributed by atoms with Crippen LogP contribution in [0.25, 0.3) is 0 Å². The molecule has 0 spiro atoms. The van der Waals surface area contributed by atoms with Crippen LogP contribution in [0.3, 0.4) is 0 Å². The van der Waals surface area contributed by atoms with Gasteiger partial charge in [0.1, 0.15) is 47.6 Å². The molecule has 2 saturated heterocycles. The molecule has 22 heteroatoms. The maximum Gasteiger partial charge on any atom is 0.330 e. The first-order chi connectivity index (χ1) is 31.3. The Hall–Kier alpha value is -5.63. The number of benzene rings is 3. The second-order valence-electron chi connectivity index (χ2n) is 14.7. The molecule has 3 aromatic carbocycles. The summed E-state index contributed by atoms with van der Waals surface area (Å²) in [6.45, 7) is -5.51. The number of aromatic nitrogens is 4. The maximum absolute atomic E-state index is 17.2. The van der Waals surface area contributed by atoms with Crippen molar-refractivity contribution in [2.45, 2.75) is 61.2 Å². The normalized spacial score (nSPS) is 24.0. The lowest BCUT2D eigenvalue weighted by Gasteiger charge is -2.37. The Bertz CT molecular complexity index is 2680. The van der Waals surface area contributed by atoms with Crippen molar-refractivity contribution in [1.82, 2.24) is 19.1 Å². The van der Waals surface area contributed by atoms with Gasteiger partial charge in [0.05, 0.1) is 46.5 Å². The molecule has 4 unspecified atom stereocenters. The van der Waals surface area contributed by atoms with Gasteiger partial charge < -0.3 is 42.6 Å². The highest BCUT2D eigenvalue weighted by atomic mass is 32.5. The molecule has 2 aromatic heterocycles. The number of aromatic amines is 2. The quantitative estimate of drug-likeness (QED) is 0.0613. The number of ether oxygens (including phenoxy) is 6. The fraction of sp³-hybridized carbons (Fsp3) is 0.372. The average Bonchev–Trinajstić information content (AvgIpc) is 3.79. The van der Waals surface area contributed by atoms with Crippen LogP contribution in [0, 0.1) is 11.3 Å². The van der Waals surface area contributed by atoms with Crippen LogP contribution in [0.15, 0.2) is 123 Å². The summed E-state index contributed by atoms with van der Waals surface area (Å²) in [6, 6.07) is 27.6. The van der Waals surface area contributed by atoms with E-state index in [2.05, 4.69) is 9.97 Å². The SMILES string of the molecule is COc1ccc(C(OC[C@H]2O[C@@H](n3ccc(=O)[nH]c3=O)C(F)[C@H]2OP(=S)(OCCC#N)OC[C@H]2O[C@@H](n3ccc(=O)[nH]c3=O)C(OC)C2O)(c2ccccc2)c2ccc(OC)cc2)cc1. The van der Waals surface area contributed by atoms with Crippen LogP contribution >= 0.6 is 6.72 Å². The van der Waals surface area contributed by atoms with Crippen molar-refractivity contribution in [2.75, 3.05) is 41.2 Å². The number of alkyl halides is 1. The Morgan fingerprint density at radius 2 is 1.29 bits per heavy atom. The van der Waals surface area contributed by atoms with Crippen LogP contribution in [0.2, 0.25) is 0 Å². The number of aliphatic hydroxyl groups excluding tert-OH is 1. The number of H-pyrrole nitrogens is 2. The summed E-state index contributed by atoms with van der Waals surface area (Å²) in [5, 5.41) is 20.6. The number of hydrogen-bond donors (Lipinski definition) is 3. The third-order valence-electron chi connectivity index (χ3n) is 10.9. The molecule has 2 aliphatic rings. The lowest BCUT2D eigenvalue weighted by atomic mass is 9.80. The van der Waals surface area contributed by atoms with Crippen LogP contribution in [-0.2, 0) is 49.9 Å². The molecule has 4 heterocycles. The third kappa shape index (κ3) is 10.1. The second-order valence-corrected chi connectivity index (χ2v) is 17.6. The van der Waals surface area contributed by atoms with E-state index in [0.717, 1.165) is 27.5 Å². The lowest BCUT2D eigenvalue weighted by Crippen LogP contribution is -2.40. The van der Waals surface area contributed by atoms with Gasteiger partial charge in [-0.25, -0.2) is 14.0 Å². The number of nitrogens with zero attached hydrogens (tertiary/aromatic N) is 3. The van der Waals surface area contributed by atoms with E-state index in [9.17, 15) is 29.5 Å². The van der Waals surface area contributed by atoms with E-state index in [1.165, 1.54) is 27.5 Å². The molecular formula is C43H45FN5O14PS. The van der Waals surface area contributed by atoms with Crippen molar-refractivity contribution in [3.8, 4) is 17.6 Å². The standard InChI is InChI=1S/C43H45FN5O14PS/c1-55-29-14-10-27(11-15-29)43(26-8-5-4-6-9-26,28-12-16-30(56-2)17-13-28)58-24-32-37(35(44)39(62-32)48-21-18-33(50)46-41(48)53)63-64(65,59-23-7-20-45)60-25-31-36(52)38(57-3)40(61-31)49-22-19-34(51)47-42(49)54/h4-6,8-19,21-22,31-32,35-40,52H,7,23-25H2,1-3H3,(H,46,50,53)(H,47,51,54)/t31-,32-,35?,36?,37+,38?,39-,40-,64?/m1/s1. The van der Waals surface area contributed by atoms with Gasteiger partial charge in [0.25, 0.3) is 11.1 Å². The molecule has 2 fully saturated rings. The highest BCUT2D eigenvalue weighted by molar-refractivity contribution is 8.07. The monoisotopic (exact) mass is 937 g/mol. The van der Waals surface area contributed by atoms with Gasteiger partial charge in [0, 0.05) is 31.6 Å². The molecule has 9 atom stereocenters. The first-order valence-electron chi connectivity index (χ1n) is 20.1. The van der Waals surface area contributed by atoms with Gasteiger partial charge in [-0.05, 0) is 52.8 Å². The van der Waals surface area contributed by atoms with Crippen LogP contribution in [0.1, 0.15) is 35.6 Å². The minimum Gasteiger partial charge on any atom is -0.497 e. The molecule has 5 aromatic rings. The first kappa shape index (κ1) is 47.3. The Morgan fingerprint density at radius 1 is 0.754 bits per heavy atom. The molecule has 19 nitrogen and oxygen atoms in total. The van der Waals surface area contributed by atoms with Crippen LogP contribution in [0.4, 0.5) is 4.39 Å². The zero-order chi connectivity index (χ0) is 46.3. The minimum atomic E-state index is -4.20. The number of hydrogen-bond acceptors (Lipinski definition) is 16. The largest absolute Gasteiger partial charge is 0.497 e. The summed E-state index contributed by atoms with van der Waals surface area (Å²) in [6.07, 6.45) is -9.97. The fourth-order valence-electron chi connectivity index (χ4n) is 7.66. The highest BCUT2D eigenvalue weighted by Gasteiger charge is 2.52. The van der Waals surface area contributed by atoms with Gasteiger partial charge >= 0.3 is 18.1 Å². The van der Waals surface area contributed by atoms with Gasteiger partial charge in [0.15, 0.2) is 18.6 Å². The lowest BCUT2D eigenvalue weighted by molar-refractivity contribution is -0.0948. The van der Waals surface area contributed by atoms with Crippen LogP contribution in [0.5, 0.6) is 11.5 Å². The minimum absolute atomic E-state index is 0.178. The summed E-state index contributed by atoms with van der Waals surface area (Å²) in [4.78, 5) is 53.8. The predicted molar refractivity (Wildman–Crippen MR) is 232 cm³/mol. The Balaban J connectivity index is 1.25. The van der Waals surface area contributed by atoms with Crippen molar-refractivity contribution >= 4 is 18.5 Å². The molecule has 3 N–H and O–H groups in total. The molecular weight excluding hydrogens is 893 g/mol. The topological polar surface area (TPSA) is 237 Å². The van der Waals surface area contributed by atoms with E-state index < -0.39 is 97.2 Å². The van der Waals surface area contributed by atoms with Crippen molar-refractivity contribution in [1.29, 1.82) is 5.26 Å². The highest BCUT2D eigenvalue weighted by Crippen LogP contribution is 2.55. The number of nitrogens with one attached hydrogen (secondary N) is 2. The average molecular weight is 938 g/mol. The number of halogens is 1. The molecule has 2 aliphatic heterocycles. The molecule has 0 radical (unpaired) electrons. The van der Waals surface area contributed by atoms with Crippen molar-refractivity contribution in [3.05, 3.63) is 162 Å². The zero-order valence-electron chi connectivity index (χ0n) is 35.1. The van der Waals surface area contributed by atoms with Gasteiger partial charge in [-0.3, -0.25) is 33.2 Å². The van der Waals surface area contributed by atoms with Crippen LogP contribution in [-0.4, -0.2) is 102 Å². The maximum atomic E-state index is 17.2. The van der Waals surface area contributed by atoms with Crippen LogP contribution < -0.4 is 32.0 Å². The van der Waals surface area contributed by atoms with Crippen molar-refractivity contribution < 1.29 is 51.5 Å². The summed E-state index contributed by atoms with van der Waals surface area (Å²) in [5.41, 5.74) is -2.68. The van der Waals surface area contributed by atoms with Gasteiger partial charge in [0.2, 0.25) is 0 Å². The molecule has 0 amide bonds. The van der Waals surface area contributed by atoms with Crippen molar-refractivity contribution in [2.24, 2.45) is 0 Å². The van der Waals surface area contributed by atoms with E-state index >= 15 is 4.39 Å². The zero-order valence-corrected chi connectivity index (χ0v) is 36.8. The Morgan fingerprint density at radius 3 is 1.82 bits per heavy atom. The molecule has 344 valence electrons. The van der Waals surface area contributed by atoms with E-state index in [1.54, 1.807) is 24.3 Å². The molecule has 65 heavy (non-hydrogen) atoms. The van der Waals surface area contributed by atoms with Gasteiger partial charge in [-0.15, -0.1) is 0 Å². The number of rotatable bonds is 19. The third-order valence-corrected chi connectivity index (χ3v) is 13.2. The Kier molecular flexibility index (Phi) is 15.1. The number of methoxy groups -OCH3 is 3. The smallest absolute Gasteiger partial charge is 0.330 e. The molecule has 0 aliphatic carbocycles. The fourth-order valence-corrected chi connectivity index (χ4v) is 9.76. The van der Waals surface area contributed by atoms with E-state index in [0.29, 0.717) is 28.2 Å². The van der Waals surface area contributed by atoms with E-state index in [-0.39, 0.29) is 13.0 Å². The molecule has 0 saturated carbocycles. The number of nitriles is 1. The number of aliphatic hydroxyl groups is 1. The van der Waals surface area contributed by atoms with E-state index in [4.69, 9.17) is 53.8 Å². The summed E-state index contributed by atoms with van der Waals surface area (Å²) in [7, 11) is 4.36. The second kappa shape index (κ2) is 20.7. The first-order valence-corrected chi connectivity index (χ1v) is 22.6. The summed E-state index contributed by atoms with van der Waals surface area (Å²) >= 11 is 5.85. The molecule has 0 bridgehead atoms. The van der Waals surface area contributed by atoms with Gasteiger partial charge in [-0.2, -0.15) is 5.26 Å².